The number of aliphatic hydroxyl groups is 12. The van der Waals surface area contributed by atoms with Gasteiger partial charge in [-0.05, 0) is 0 Å². The Hall–Kier alpha value is -1.74. The Morgan fingerprint density at radius 2 is 1.50 bits per heavy atom. The van der Waals surface area contributed by atoms with E-state index in [-0.39, 0.29) is 0 Å². The molecular formula is C23H39NO20. The lowest BCUT2D eigenvalue weighted by Crippen LogP contribution is -2.74. The van der Waals surface area contributed by atoms with E-state index in [1.54, 1.807) is 0 Å². The zero-order chi connectivity index (χ0) is 33.3. The second-order valence-electron chi connectivity index (χ2n) is 10.6. The number of hydrogen-bond donors (Lipinski definition) is 14. The maximum Gasteiger partial charge on any atom is 0.367 e. The van der Waals surface area contributed by atoms with Gasteiger partial charge in [-0.15, -0.1) is 0 Å². The summed E-state index contributed by atoms with van der Waals surface area (Å²) in [5.74, 6) is -6.27. The van der Waals surface area contributed by atoms with E-state index in [4.69, 9.17) is 23.7 Å². The smallest absolute Gasteiger partial charge is 0.367 e. The van der Waals surface area contributed by atoms with Crippen LogP contribution in [-0.4, -0.2) is 202 Å². The molecule has 3 heterocycles. The molecule has 3 saturated heterocycles. The Labute approximate surface area is 248 Å². The number of carbonyl (C=O) groups is 2. The molecule has 44 heavy (non-hydrogen) atoms. The van der Waals surface area contributed by atoms with Crippen LogP contribution >= 0.6 is 0 Å². The molecule has 0 spiro atoms. The average molecular weight is 650 g/mol. The van der Waals surface area contributed by atoms with Crippen LogP contribution in [0.25, 0.3) is 0 Å². The summed E-state index contributed by atoms with van der Waals surface area (Å²) in [6.07, 6.45) is -30.1. The first-order valence-electron chi connectivity index (χ1n) is 13.3. The standard InChI is InChI=1S/C23H39NO20/c1-5(27)24-9-12(31)19(36)23(22(38)39,44-18(9)10(29)6(28)2-25)40-4-8-11(30)13(32)16(35)21(42-8)43-17-7(3-26)41-20(37)15(34)14(17)33/h6-21,25-26,28-37H,2-4H2,1H3,(H,24,27)(H,38,39)/t6-,7+,8+,9-,10-,11-,12-,13-,14+,15+,16+,17+,18?,19+,20-,21-,23+/m0/s1. The highest BCUT2D eigenvalue weighted by molar-refractivity contribution is 5.77. The molecule has 0 aromatic heterocycles. The van der Waals surface area contributed by atoms with E-state index < -0.39 is 135 Å². The Kier molecular flexibility index (Phi) is 12.3. The lowest BCUT2D eigenvalue weighted by molar-refractivity contribution is -0.374. The second-order valence-corrected chi connectivity index (χ2v) is 10.6. The molecule has 0 aromatic rings. The number of ether oxygens (including phenoxy) is 5. The molecule has 0 radical (unpaired) electrons. The third kappa shape index (κ3) is 7.13. The molecule has 0 saturated carbocycles. The van der Waals surface area contributed by atoms with E-state index in [1.165, 1.54) is 0 Å². The van der Waals surface area contributed by atoms with Crippen LogP contribution in [0.1, 0.15) is 6.92 Å². The second kappa shape index (κ2) is 14.8. The largest absolute Gasteiger partial charge is 0.477 e. The number of aliphatic carboxylic acids is 1. The van der Waals surface area contributed by atoms with Crippen LogP contribution in [0.4, 0.5) is 0 Å². The number of carboxylic acids is 1. The Morgan fingerprint density at radius 3 is 2.05 bits per heavy atom. The van der Waals surface area contributed by atoms with Gasteiger partial charge in [0.2, 0.25) is 5.91 Å². The first-order chi connectivity index (χ1) is 20.5. The number of carboxylic acid groups (broad SMARTS) is 1. The molecule has 3 aliphatic heterocycles. The van der Waals surface area contributed by atoms with Crippen LogP contribution in [0.5, 0.6) is 0 Å². The van der Waals surface area contributed by atoms with Gasteiger partial charge >= 0.3 is 5.97 Å². The van der Waals surface area contributed by atoms with E-state index in [1.807, 2.05) is 0 Å². The molecule has 0 bridgehead atoms. The van der Waals surface area contributed by atoms with Crippen molar-refractivity contribution < 1.29 is 99.7 Å². The van der Waals surface area contributed by atoms with Gasteiger partial charge in [0, 0.05) is 6.92 Å². The zero-order valence-corrected chi connectivity index (χ0v) is 23.0. The SMILES string of the molecule is CC(=O)N[C@@H]1C([C@@H](O)[C@@H](O)CO)O[C@@](OC[C@H]2O[C@@H](O[C@H]3[C@H](O)[C@@H](O)[C@@H](O)O[C@@H]3CO)[C@H](O)[C@@H](O)[C@H]2O)(C(=O)O)[C@H](O)[C@H]1O. The molecular weight excluding hydrogens is 610 g/mol. The van der Waals surface area contributed by atoms with Gasteiger partial charge in [-0.2, -0.15) is 0 Å². The molecule has 21 nitrogen and oxygen atoms in total. The summed E-state index contributed by atoms with van der Waals surface area (Å²) in [7, 11) is 0. The minimum atomic E-state index is -3.31. The van der Waals surface area contributed by atoms with Crippen molar-refractivity contribution in [2.24, 2.45) is 0 Å². The minimum Gasteiger partial charge on any atom is -0.477 e. The lowest BCUT2D eigenvalue weighted by atomic mass is 9.86. The van der Waals surface area contributed by atoms with Crippen molar-refractivity contribution in [1.29, 1.82) is 0 Å². The van der Waals surface area contributed by atoms with Crippen molar-refractivity contribution in [1.82, 2.24) is 5.32 Å². The van der Waals surface area contributed by atoms with Crippen LogP contribution < -0.4 is 5.32 Å². The van der Waals surface area contributed by atoms with Crippen LogP contribution in [0.2, 0.25) is 0 Å². The highest BCUT2D eigenvalue weighted by atomic mass is 16.8. The van der Waals surface area contributed by atoms with E-state index >= 15 is 0 Å². The fourth-order valence-corrected chi connectivity index (χ4v) is 5.09. The van der Waals surface area contributed by atoms with Gasteiger partial charge in [-0.3, -0.25) is 4.79 Å². The number of nitrogens with one attached hydrogen (secondary N) is 1. The molecule has 1 unspecified atom stereocenters. The summed E-state index contributed by atoms with van der Waals surface area (Å²) < 4.78 is 26.3. The molecule has 3 fully saturated rings. The van der Waals surface area contributed by atoms with Gasteiger partial charge in [0.25, 0.3) is 5.79 Å². The van der Waals surface area contributed by atoms with Crippen LogP contribution in [0.3, 0.4) is 0 Å². The monoisotopic (exact) mass is 649 g/mol. The quantitative estimate of drug-likeness (QED) is 0.0987. The summed E-state index contributed by atoms with van der Waals surface area (Å²) in [6, 6.07) is -1.75. The molecule has 21 heteroatoms. The van der Waals surface area contributed by atoms with Crippen molar-refractivity contribution in [2.45, 2.75) is 111 Å². The summed E-state index contributed by atoms with van der Waals surface area (Å²) in [5, 5.41) is 134. The molecule has 14 N–H and O–H groups in total. The number of carbonyl (C=O) groups excluding carboxylic acids is 1. The first-order valence-corrected chi connectivity index (χ1v) is 13.3. The number of rotatable bonds is 11. The molecule has 1 amide bonds. The van der Waals surface area contributed by atoms with Crippen molar-refractivity contribution in [3.05, 3.63) is 0 Å². The zero-order valence-electron chi connectivity index (χ0n) is 23.0. The molecule has 256 valence electrons. The maximum atomic E-state index is 12.4. The number of aliphatic hydroxyl groups excluding tert-OH is 12. The normalized spacial score (nSPS) is 46.2. The fourth-order valence-electron chi connectivity index (χ4n) is 5.09. The van der Waals surface area contributed by atoms with E-state index in [9.17, 15) is 76.0 Å². The maximum absolute atomic E-state index is 12.4. The Bertz CT molecular complexity index is 974. The lowest BCUT2D eigenvalue weighted by Gasteiger charge is -2.50. The summed E-state index contributed by atoms with van der Waals surface area (Å²) in [6.45, 7) is -2.11. The summed E-state index contributed by atoms with van der Waals surface area (Å²) in [4.78, 5) is 24.1. The van der Waals surface area contributed by atoms with Gasteiger partial charge in [0.15, 0.2) is 12.6 Å². The van der Waals surface area contributed by atoms with Gasteiger partial charge in [-0.1, -0.05) is 0 Å². The van der Waals surface area contributed by atoms with Gasteiger partial charge in [-0.25, -0.2) is 4.79 Å². The fraction of sp³-hybridized carbons (Fsp3) is 0.913. The molecule has 0 aromatic carbocycles. The third-order valence-electron chi connectivity index (χ3n) is 7.59. The van der Waals surface area contributed by atoms with Crippen molar-refractivity contribution in [2.75, 3.05) is 19.8 Å². The van der Waals surface area contributed by atoms with Gasteiger partial charge in [0.05, 0.1) is 25.9 Å². The van der Waals surface area contributed by atoms with Crippen LogP contribution in [0, 0.1) is 0 Å². The number of hydrogen-bond acceptors (Lipinski definition) is 19. The Morgan fingerprint density at radius 1 is 0.864 bits per heavy atom. The predicted octanol–water partition coefficient (Wildman–Crippen LogP) is -9.25. The highest BCUT2D eigenvalue weighted by Crippen LogP contribution is 2.35. The van der Waals surface area contributed by atoms with Crippen molar-refractivity contribution in [3.8, 4) is 0 Å². The summed E-state index contributed by atoms with van der Waals surface area (Å²) in [5.41, 5.74) is 0. The average Bonchev–Trinajstić information content (AvgIpc) is 2.98. The Balaban J connectivity index is 1.86. The third-order valence-corrected chi connectivity index (χ3v) is 7.59. The van der Waals surface area contributed by atoms with Gasteiger partial charge in [0.1, 0.15) is 79.4 Å². The van der Waals surface area contributed by atoms with E-state index in [2.05, 4.69) is 5.32 Å². The van der Waals surface area contributed by atoms with E-state index in [0.29, 0.717) is 0 Å². The molecule has 0 aliphatic carbocycles. The minimum absolute atomic E-state index is 0.833. The topological polar surface area (TPSA) is 355 Å². The van der Waals surface area contributed by atoms with Gasteiger partial charge < -0.3 is 95.4 Å². The van der Waals surface area contributed by atoms with Crippen LogP contribution in [-0.2, 0) is 33.3 Å². The first kappa shape index (κ1) is 36.7. The van der Waals surface area contributed by atoms with E-state index in [0.717, 1.165) is 6.92 Å². The molecule has 17 atom stereocenters. The summed E-state index contributed by atoms with van der Waals surface area (Å²) >= 11 is 0. The van der Waals surface area contributed by atoms with Crippen molar-refractivity contribution in [3.63, 3.8) is 0 Å². The number of amides is 1. The van der Waals surface area contributed by atoms with Crippen LogP contribution in [0.15, 0.2) is 0 Å². The van der Waals surface area contributed by atoms with Crippen molar-refractivity contribution >= 4 is 11.9 Å². The predicted molar refractivity (Wildman–Crippen MR) is 131 cm³/mol. The molecule has 3 rings (SSSR count). The highest BCUT2D eigenvalue weighted by Gasteiger charge is 2.62. The molecule has 3 aliphatic rings.